The van der Waals surface area contributed by atoms with Gasteiger partial charge in [0.2, 0.25) is 0 Å². The summed E-state index contributed by atoms with van der Waals surface area (Å²) in [5.41, 5.74) is 1.81. The SMILES string of the molecule is CCCCNC(=O)c1ccc(NCCCC)cc1. The zero-order chi connectivity index (χ0) is 13.2. The summed E-state index contributed by atoms with van der Waals surface area (Å²) in [6, 6.07) is 7.67. The van der Waals surface area contributed by atoms with Crippen molar-refractivity contribution in [3.05, 3.63) is 29.8 Å². The van der Waals surface area contributed by atoms with E-state index in [9.17, 15) is 4.79 Å². The van der Waals surface area contributed by atoms with Crippen LogP contribution < -0.4 is 10.6 Å². The molecule has 0 aliphatic rings. The average Bonchev–Trinajstić information content (AvgIpc) is 2.40. The Morgan fingerprint density at radius 3 is 2.22 bits per heavy atom. The number of amides is 1. The highest BCUT2D eigenvalue weighted by atomic mass is 16.1. The number of hydrogen-bond acceptors (Lipinski definition) is 2. The van der Waals surface area contributed by atoms with Gasteiger partial charge in [0.15, 0.2) is 0 Å². The molecule has 18 heavy (non-hydrogen) atoms. The molecule has 1 aromatic carbocycles. The van der Waals surface area contributed by atoms with E-state index >= 15 is 0 Å². The van der Waals surface area contributed by atoms with Crippen LogP contribution in [0.5, 0.6) is 0 Å². The molecule has 0 radical (unpaired) electrons. The Kier molecular flexibility index (Phi) is 6.92. The zero-order valence-electron chi connectivity index (χ0n) is 11.5. The summed E-state index contributed by atoms with van der Waals surface area (Å²) in [6.45, 7) is 6.03. The monoisotopic (exact) mass is 248 g/mol. The Bertz CT molecular complexity index is 346. The molecule has 0 unspecified atom stereocenters. The van der Waals surface area contributed by atoms with Crippen molar-refractivity contribution in [1.29, 1.82) is 0 Å². The third-order valence-corrected chi connectivity index (χ3v) is 2.82. The summed E-state index contributed by atoms with van der Waals surface area (Å²) in [5, 5.41) is 6.24. The van der Waals surface area contributed by atoms with Gasteiger partial charge in [0, 0.05) is 24.3 Å². The molecular formula is C15H24N2O. The molecule has 0 saturated heterocycles. The molecule has 0 spiro atoms. The standard InChI is InChI=1S/C15H24N2O/c1-3-5-11-16-14-9-7-13(8-10-14)15(18)17-12-6-4-2/h7-10,16H,3-6,11-12H2,1-2H3,(H,17,18). The van der Waals surface area contributed by atoms with E-state index in [1.54, 1.807) is 0 Å². The van der Waals surface area contributed by atoms with Crippen LogP contribution in [-0.4, -0.2) is 19.0 Å². The summed E-state index contributed by atoms with van der Waals surface area (Å²) in [5.74, 6) is 0.0172. The predicted molar refractivity (Wildman–Crippen MR) is 77.1 cm³/mol. The van der Waals surface area contributed by atoms with Gasteiger partial charge in [0.25, 0.3) is 5.91 Å². The van der Waals surface area contributed by atoms with E-state index < -0.39 is 0 Å². The van der Waals surface area contributed by atoms with Gasteiger partial charge in [-0.3, -0.25) is 4.79 Å². The highest BCUT2D eigenvalue weighted by molar-refractivity contribution is 5.94. The minimum atomic E-state index is 0.0172. The van der Waals surface area contributed by atoms with E-state index in [1.807, 2.05) is 24.3 Å². The van der Waals surface area contributed by atoms with Crippen LogP contribution in [0, 0.1) is 0 Å². The van der Waals surface area contributed by atoms with Crippen LogP contribution in [0.25, 0.3) is 0 Å². The smallest absolute Gasteiger partial charge is 0.251 e. The number of benzene rings is 1. The Labute approximate surface area is 110 Å². The largest absolute Gasteiger partial charge is 0.385 e. The van der Waals surface area contributed by atoms with Crippen LogP contribution in [0.3, 0.4) is 0 Å². The number of rotatable bonds is 8. The summed E-state index contributed by atoms with van der Waals surface area (Å²) in [6.07, 6.45) is 4.48. The number of carbonyl (C=O) groups excluding carboxylic acids is 1. The second kappa shape index (κ2) is 8.56. The van der Waals surface area contributed by atoms with Gasteiger partial charge in [-0.2, -0.15) is 0 Å². The molecule has 0 aliphatic carbocycles. The summed E-state index contributed by atoms with van der Waals surface area (Å²) < 4.78 is 0. The molecule has 0 aromatic heterocycles. The molecule has 3 heteroatoms. The first-order valence-electron chi connectivity index (χ1n) is 6.90. The highest BCUT2D eigenvalue weighted by Crippen LogP contribution is 2.09. The number of hydrogen-bond donors (Lipinski definition) is 2. The van der Waals surface area contributed by atoms with E-state index in [2.05, 4.69) is 24.5 Å². The fourth-order valence-corrected chi connectivity index (χ4v) is 1.63. The molecule has 0 saturated carbocycles. The van der Waals surface area contributed by atoms with Crippen molar-refractivity contribution in [1.82, 2.24) is 5.32 Å². The van der Waals surface area contributed by atoms with Crippen LogP contribution >= 0.6 is 0 Å². The molecular weight excluding hydrogens is 224 g/mol. The van der Waals surface area contributed by atoms with Crippen LogP contribution in [0.4, 0.5) is 5.69 Å². The molecule has 0 aliphatic heterocycles. The normalized spacial score (nSPS) is 10.1. The van der Waals surface area contributed by atoms with E-state index in [4.69, 9.17) is 0 Å². The predicted octanol–water partition coefficient (Wildman–Crippen LogP) is 3.43. The van der Waals surface area contributed by atoms with Gasteiger partial charge in [0.05, 0.1) is 0 Å². The lowest BCUT2D eigenvalue weighted by Crippen LogP contribution is -2.24. The van der Waals surface area contributed by atoms with Gasteiger partial charge in [-0.1, -0.05) is 26.7 Å². The molecule has 0 heterocycles. The van der Waals surface area contributed by atoms with E-state index in [-0.39, 0.29) is 5.91 Å². The van der Waals surface area contributed by atoms with Crippen molar-refractivity contribution in [2.24, 2.45) is 0 Å². The van der Waals surface area contributed by atoms with Gasteiger partial charge >= 0.3 is 0 Å². The van der Waals surface area contributed by atoms with E-state index in [0.717, 1.165) is 37.2 Å². The summed E-state index contributed by atoms with van der Waals surface area (Å²) in [4.78, 5) is 11.8. The topological polar surface area (TPSA) is 41.1 Å². The molecule has 1 aromatic rings. The number of unbranched alkanes of at least 4 members (excludes halogenated alkanes) is 2. The molecule has 3 nitrogen and oxygen atoms in total. The molecule has 100 valence electrons. The van der Waals surface area contributed by atoms with Crippen molar-refractivity contribution in [3.63, 3.8) is 0 Å². The second-order valence-electron chi connectivity index (χ2n) is 4.47. The molecule has 1 amide bonds. The summed E-state index contributed by atoms with van der Waals surface area (Å²) >= 11 is 0. The zero-order valence-corrected chi connectivity index (χ0v) is 11.5. The van der Waals surface area contributed by atoms with E-state index in [1.165, 1.54) is 12.8 Å². The van der Waals surface area contributed by atoms with Gasteiger partial charge in [-0.15, -0.1) is 0 Å². The maximum Gasteiger partial charge on any atom is 0.251 e. The van der Waals surface area contributed by atoms with Crippen molar-refractivity contribution in [3.8, 4) is 0 Å². The maximum absolute atomic E-state index is 11.8. The van der Waals surface area contributed by atoms with Crippen molar-refractivity contribution < 1.29 is 4.79 Å². The van der Waals surface area contributed by atoms with Crippen molar-refractivity contribution in [2.75, 3.05) is 18.4 Å². The number of nitrogens with one attached hydrogen (secondary N) is 2. The lowest BCUT2D eigenvalue weighted by molar-refractivity contribution is 0.0953. The molecule has 0 atom stereocenters. The third kappa shape index (κ3) is 5.21. The Balaban J connectivity index is 2.41. The third-order valence-electron chi connectivity index (χ3n) is 2.82. The van der Waals surface area contributed by atoms with Crippen LogP contribution in [0.1, 0.15) is 49.9 Å². The van der Waals surface area contributed by atoms with Crippen molar-refractivity contribution >= 4 is 11.6 Å². The first kappa shape index (κ1) is 14.6. The lowest BCUT2D eigenvalue weighted by Gasteiger charge is -2.07. The second-order valence-corrected chi connectivity index (χ2v) is 4.47. The number of anilines is 1. The van der Waals surface area contributed by atoms with Gasteiger partial charge in [0.1, 0.15) is 0 Å². The first-order valence-corrected chi connectivity index (χ1v) is 6.90. The molecule has 1 rings (SSSR count). The Morgan fingerprint density at radius 1 is 1.00 bits per heavy atom. The van der Waals surface area contributed by atoms with Crippen molar-refractivity contribution in [2.45, 2.75) is 39.5 Å². The maximum atomic E-state index is 11.8. The van der Waals surface area contributed by atoms with Crippen LogP contribution in [0.15, 0.2) is 24.3 Å². The first-order chi connectivity index (χ1) is 8.77. The van der Waals surface area contributed by atoms with Gasteiger partial charge in [-0.25, -0.2) is 0 Å². The highest BCUT2D eigenvalue weighted by Gasteiger charge is 2.03. The minimum Gasteiger partial charge on any atom is -0.385 e. The minimum absolute atomic E-state index is 0.0172. The summed E-state index contributed by atoms with van der Waals surface area (Å²) in [7, 11) is 0. The average molecular weight is 248 g/mol. The van der Waals surface area contributed by atoms with E-state index in [0.29, 0.717) is 0 Å². The Hall–Kier alpha value is -1.51. The van der Waals surface area contributed by atoms with Gasteiger partial charge < -0.3 is 10.6 Å². The Morgan fingerprint density at radius 2 is 1.61 bits per heavy atom. The fourth-order valence-electron chi connectivity index (χ4n) is 1.63. The van der Waals surface area contributed by atoms with Gasteiger partial charge in [-0.05, 0) is 37.1 Å². The fraction of sp³-hybridized carbons (Fsp3) is 0.533. The quantitative estimate of drug-likeness (QED) is 0.692. The number of carbonyl (C=O) groups is 1. The molecule has 2 N–H and O–H groups in total. The lowest BCUT2D eigenvalue weighted by atomic mass is 10.2. The van der Waals surface area contributed by atoms with Crippen LogP contribution in [-0.2, 0) is 0 Å². The molecule has 0 bridgehead atoms. The molecule has 0 fully saturated rings. The van der Waals surface area contributed by atoms with Crippen LogP contribution in [0.2, 0.25) is 0 Å².